The Labute approximate surface area is 174 Å². The second-order valence-corrected chi connectivity index (χ2v) is 8.42. The van der Waals surface area contributed by atoms with E-state index in [9.17, 15) is 19.6 Å². The van der Waals surface area contributed by atoms with Crippen molar-refractivity contribution in [1.82, 2.24) is 9.55 Å². The summed E-state index contributed by atoms with van der Waals surface area (Å²) in [6.07, 6.45) is 2.66. The third kappa shape index (κ3) is 3.44. The lowest BCUT2D eigenvalue weighted by Gasteiger charge is -2.41. The Morgan fingerprint density at radius 1 is 1.37 bits per heavy atom. The molecule has 6 nitrogen and oxygen atoms in total. The number of amides is 1. The molecule has 2 N–H and O–H groups in total. The van der Waals surface area contributed by atoms with Crippen molar-refractivity contribution in [2.45, 2.75) is 50.7 Å². The van der Waals surface area contributed by atoms with Crippen LogP contribution in [0.15, 0.2) is 42.5 Å². The number of carbonyl (C=O) groups is 1. The number of imidazole rings is 1. The Morgan fingerprint density at radius 3 is 2.67 bits per heavy atom. The second-order valence-electron chi connectivity index (χ2n) is 8.42. The van der Waals surface area contributed by atoms with Crippen LogP contribution in [-0.4, -0.2) is 20.6 Å². The van der Waals surface area contributed by atoms with E-state index < -0.39 is 17.3 Å². The highest BCUT2D eigenvalue weighted by atomic mass is 19.1. The molecular weight excluding hydrogens is 383 g/mol. The maximum Gasteiger partial charge on any atom is 0.229 e. The van der Waals surface area contributed by atoms with E-state index in [-0.39, 0.29) is 17.5 Å². The Bertz CT molecular complexity index is 1160. The summed E-state index contributed by atoms with van der Waals surface area (Å²) in [5.74, 6) is -0.738. The second kappa shape index (κ2) is 7.22. The number of aromatic nitrogens is 2. The molecule has 30 heavy (non-hydrogen) atoms. The van der Waals surface area contributed by atoms with E-state index in [4.69, 9.17) is 0 Å². The summed E-state index contributed by atoms with van der Waals surface area (Å²) in [5, 5.41) is 22.8. The molecular formula is C23H23FN4O2. The van der Waals surface area contributed by atoms with Gasteiger partial charge in [-0.3, -0.25) is 10.1 Å². The molecule has 0 spiro atoms. The molecule has 3 aromatic rings. The highest BCUT2D eigenvalue weighted by molar-refractivity contribution is 5.92. The van der Waals surface area contributed by atoms with Crippen molar-refractivity contribution in [1.29, 1.82) is 5.26 Å². The first-order chi connectivity index (χ1) is 14.2. The fraction of sp³-hybridized carbons (Fsp3) is 0.348. The van der Waals surface area contributed by atoms with E-state index >= 15 is 0 Å². The van der Waals surface area contributed by atoms with Crippen LogP contribution in [0.2, 0.25) is 0 Å². The third-order valence-electron chi connectivity index (χ3n) is 5.99. The molecule has 1 aliphatic carbocycles. The Kier molecular flexibility index (Phi) is 4.83. The molecule has 0 aliphatic heterocycles. The van der Waals surface area contributed by atoms with Crippen molar-refractivity contribution in [2.24, 2.45) is 0 Å². The number of halogens is 1. The first-order valence-corrected chi connectivity index (χ1v) is 9.94. The normalized spacial score (nSPS) is 17.0. The molecule has 1 heterocycles. The number of anilines is 1. The van der Waals surface area contributed by atoms with Gasteiger partial charge in [0.15, 0.2) is 0 Å². The van der Waals surface area contributed by atoms with Crippen molar-refractivity contribution in [2.75, 3.05) is 5.32 Å². The quantitative estimate of drug-likeness (QED) is 0.665. The first-order valence-electron chi connectivity index (χ1n) is 9.94. The average Bonchev–Trinajstić information content (AvgIpc) is 3.02. The minimum Gasteiger partial charge on any atom is -0.385 e. The van der Waals surface area contributed by atoms with Crippen LogP contribution in [0.3, 0.4) is 0 Å². The van der Waals surface area contributed by atoms with Crippen LogP contribution in [-0.2, 0) is 15.9 Å². The van der Waals surface area contributed by atoms with Crippen LogP contribution in [0.25, 0.3) is 11.0 Å². The number of nitriles is 1. The summed E-state index contributed by atoms with van der Waals surface area (Å²) in [4.78, 5) is 17.2. The van der Waals surface area contributed by atoms with E-state index in [1.54, 1.807) is 31.2 Å². The van der Waals surface area contributed by atoms with Crippen LogP contribution in [0, 0.1) is 17.1 Å². The van der Waals surface area contributed by atoms with E-state index in [1.807, 2.05) is 16.7 Å². The molecule has 0 saturated heterocycles. The van der Waals surface area contributed by atoms with E-state index in [1.165, 1.54) is 12.1 Å². The van der Waals surface area contributed by atoms with Gasteiger partial charge in [0.05, 0.1) is 28.6 Å². The summed E-state index contributed by atoms with van der Waals surface area (Å²) in [6, 6.07) is 13.6. The van der Waals surface area contributed by atoms with Crippen molar-refractivity contribution >= 4 is 22.9 Å². The van der Waals surface area contributed by atoms with Crippen LogP contribution >= 0.6 is 0 Å². The lowest BCUT2D eigenvalue weighted by atomic mass is 9.78. The van der Waals surface area contributed by atoms with Crippen LogP contribution in [0.1, 0.15) is 50.7 Å². The van der Waals surface area contributed by atoms with Gasteiger partial charge in [-0.15, -0.1) is 0 Å². The number of hydrogen-bond donors (Lipinski definition) is 2. The van der Waals surface area contributed by atoms with Gasteiger partial charge in [-0.2, -0.15) is 5.26 Å². The molecule has 1 amide bonds. The Morgan fingerprint density at radius 2 is 2.07 bits per heavy atom. The van der Waals surface area contributed by atoms with Gasteiger partial charge in [0.2, 0.25) is 11.9 Å². The summed E-state index contributed by atoms with van der Waals surface area (Å²) in [6.45, 7) is 3.65. The van der Waals surface area contributed by atoms with Crippen LogP contribution < -0.4 is 5.32 Å². The predicted octanol–water partition coefficient (Wildman–Crippen LogP) is 4.18. The number of carbonyl (C=O) groups excluding carboxylic acids is 1. The molecule has 7 heteroatoms. The Balaban J connectivity index is 1.69. The highest BCUT2D eigenvalue weighted by Crippen LogP contribution is 2.43. The van der Waals surface area contributed by atoms with E-state index in [0.717, 1.165) is 19.3 Å². The Hall–Kier alpha value is -3.24. The minimum atomic E-state index is -1.34. The lowest BCUT2D eigenvalue weighted by molar-refractivity contribution is -0.120. The van der Waals surface area contributed by atoms with Gasteiger partial charge in [-0.25, -0.2) is 9.37 Å². The van der Waals surface area contributed by atoms with Gasteiger partial charge in [-0.05, 0) is 44.7 Å². The van der Waals surface area contributed by atoms with Crippen molar-refractivity contribution in [3.05, 3.63) is 59.4 Å². The van der Waals surface area contributed by atoms with E-state index in [0.29, 0.717) is 22.5 Å². The fourth-order valence-corrected chi connectivity index (χ4v) is 4.11. The summed E-state index contributed by atoms with van der Waals surface area (Å²) >= 11 is 0. The molecule has 2 aromatic carbocycles. The lowest BCUT2D eigenvalue weighted by Crippen LogP contribution is -2.38. The van der Waals surface area contributed by atoms with Crippen molar-refractivity contribution < 1.29 is 14.3 Å². The van der Waals surface area contributed by atoms with Gasteiger partial charge < -0.3 is 9.67 Å². The third-order valence-corrected chi connectivity index (χ3v) is 5.99. The maximum atomic E-state index is 14.1. The van der Waals surface area contributed by atoms with Gasteiger partial charge in [0, 0.05) is 11.6 Å². The topological polar surface area (TPSA) is 90.9 Å². The van der Waals surface area contributed by atoms with Crippen LogP contribution in [0.4, 0.5) is 10.3 Å². The van der Waals surface area contributed by atoms with Gasteiger partial charge in [0.1, 0.15) is 11.9 Å². The molecule has 0 unspecified atom stereocenters. The predicted molar refractivity (Wildman–Crippen MR) is 111 cm³/mol. The number of rotatable bonds is 5. The number of benzene rings is 2. The number of aliphatic hydroxyl groups is 1. The molecule has 4 rings (SSSR count). The number of hydrogen-bond acceptors (Lipinski definition) is 4. The summed E-state index contributed by atoms with van der Waals surface area (Å²) < 4.78 is 16.0. The summed E-state index contributed by atoms with van der Waals surface area (Å²) in [7, 11) is 0. The van der Waals surface area contributed by atoms with Gasteiger partial charge in [0.25, 0.3) is 0 Å². The van der Waals surface area contributed by atoms with Gasteiger partial charge in [-0.1, -0.05) is 30.3 Å². The van der Waals surface area contributed by atoms with Crippen LogP contribution in [0.5, 0.6) is 0 Å². The van der Waals surface area contributed by atoms with Crippen molar-refractivity contribution in [3.63, 3.8) is 0 Å². The molecule has 0 bridgehead atoms. The number of nitrogens with one attached hydrogen (secondary N) is 1. The zero-order chi connectivity index (χ0) is 21.5. The average molecular weight is 406 g/mol. The SMILES string of the molecule is CC1(n2c(NC(=O)C[C@@](C)(O)c3ccccc3)nc3cc(F)c(C#N)cc32)CCC1. The zero-order valence-electron chi connectivity index (χ0n) is 16.9. The van der Waals surface area contributed by atoms with Gasteiger partial charge >= 0.3 is 0 Å². The number of fused-ring (bicyclic) bond motifs is 1. The number of nitrogens with zero attached hydrogens (tertiary/aromatic N) is 3. The smallest absolute Gasteiger partial charge is 0.229 e. The molecule has 1 saturated carbocycles. The minimum absolute atomic E-state index is 0.0588. The fourth-order valence-electron chi connectivity index (χ4n) is 4.11. The monoisotopic (exact) mass is 406 g/mol. The zero-order valence-corrected chi connectivity index (χ0v) is 16.9. The molecule has 1 aliphatic rings. The standard InChI is InChI=1S/C23H23FN4O2/c1-22(9-6-10-22)28-19-11-15(14-25)17(24)12-18(19)26-21(28)27-20(29)13-23(2,30)16-7-4-3-5-8-16/h3-5,7-8,11-12,30H,6,9-10,13H2,1-2H3,(H,26,27,29)/t23-/m1/s1. The maximum absolute atomic E-state index is 14.1. The summed E-state index contributed by atoms with van der Waals surface area (Å²) in [5.41, 5.74) is -0.0474. The molecule has 154 valence electrons. The van der Waals surface area contributed by atoms with Crippen molar-refractivity contribution in [3.8, 4) is 6.07 Å². The largest absolute Gasteiger partial charge is 0.385 e. The van der Waals surface area contributed by atoms with E-state index in [2.05, 4.69) is 17.2 Å². The molecule has 0 radical (unpaired) electrons. The molecule has 1 atom stereocenters. The molecule has 1 aromatic heterocycles. The highest BCUT2D eigenvalue weighted by Gasteiger charge is 2.38. The molecule has 1 fully saturated rings. The first kappa shape index (κ1) is 20.0.